The van der Waals surface area contributed by atoms with Gasteiger partial charge in [-0.15, -0.1) is 0 Å². The molecule has 7 heteroatoms. The van der Waals surface area contributed by atoms with Crippen molar-refractivity contribution < 1.29 is 18.8 Å². The minimum atomic E-state index is -0.600. The van der Waals surface area contributed by atoms with Gasteiger partial charge >= 0.3 is 5.97 Å². The molecule has 2 aromatic rings. The number of aromatic nitrogens is 1. The van der Waals surface area contributed by atoms with E-state index in [1.807, 2.05) is 38.1 Å². The Labute approximate surface area is 148 Å². The summed E-state index contributed by atoms with van der Waals surface area (Å²) in [5.41, 5.74) is 1.79. The van der Waals surface area contributed by atoms with Crippen LogP contribution >= 0.6 is 15.9 Å². The van der Waals surface area contributed by atoms with Crippen molar-refractivity contribution in [1.29, 1.82) is 0 Å². The second-order valence-electron chi connectivity index (χ2n) is 5.33. The number of hydrogen-bond acceptors (Lipinski definition) is 5. The summed E-state index contributed by atoms with van der Waals surface area (Å²) in [6.45, 7) is 5.01. The van der Waals surface area contributed by atoms with Crippen LogP contribution in [0.15, 0.2) is 33.3 Å². The maximum atomic E-state index is 12.1. The molecule has 0 spiro atoms. The Kier molecular flexibility index (Phi) is 6.14. The Hall–Kier alpha value is -2.15. The van der Waals surface area contributed by atoms with Crippen molar-refractivity contribution in [3.8, 4) is 0 Å². The van der Waals surface area contributed by atoms with Crippen LogP contribution in [0.2, 0.25) is 0 Å². The average Bonchev–Trinajstić information content (AvgIpc) is 2.94. The first-order chi connectivity index (χ1) is 11.4. The molecular weight excluding hydrogens is 376 g/mol. The fourth-order valence-electron chi connectivity index (χ4n) is 2.24. The lowest BCUT2D eigenvalue weighted by Crippen LogP contribution is -2.31. The van der Waals surface area contributed by atoms with Gasteiger partial charge in [0.25, 0.3) is 5.91 Å². The van der Waals surface area contributed by atoms with E-state index < -0.39 is 5.97 Å². The Morgan fingerprint density at radius 2 is 2.00 bits per heavy atom. The van der Waals surface area contributed by atoms with E-state index in [1.165, 1.54) is 0 Å². The van der Waals surface area contributed by atoms with Gasteiger partial charge in [0.1, 0.15) is 11.3 Å². The summed E-state index contributed by atoms with van der Waals surface area (Å²) < 4.78 is 11.0. The second-order valence-corrected chi connectivity index (χ2v) is 6.25. The first kappa shape index (κ1) is 18.2. The number of halogens is 1. The number of esters is 1. The molecule has 0 unspecified atom stereocenters. The van der Waals surface area contributed by atoms with E-state index in [4.69, 9.17) is 9.26 Å². The normalized spacial score (nSPS) is 11.8. The molecule has 0 saturated carbocycles. The molecule has 6 nitrogen and oxygen atoms in total. The number of ether oxygens (including phenoxy) is 1. The highest BCUT2D eigenvalue weighted by Gasteiger charge is 2.21. The van der Waals surface area contributed by atoms with E-state index >= 15 is 0 Å². The number of amides is 1. The van der Waals surface area contributed by atoms with Crippen molar-refractivity contribution in [2.24, 2.45) is 0 Å². The highest BCUT2D eigenvalue weighted by atomic mass is 79.9. The Bertz CT molecular complexity index is 725. The minimum Gasteiger partial charge on any atom is -0.452 e. The zero-order chi connectivity index (χ0) is 17.7. The first-order valence-electron chi connectivity index (χ1n) is 7.59. The third-order valence-corrected chi connectivity index (χ3v) is 4.08. The zero-order valence-corrected chi connectivity index (χ0v) is 15.3. The van der Waals surface area contributed by atoms with E-state index in [1.54, 1.807) is 6.92 Å². The van der Waals surface area contributed by atoms with Crippen LogP contribution in [-0.4, -0.2) is 23.6 Å². The lowest BCUT2D eigenvalue weighted by Gasteiger charge is -2.14. The SMILES string of the molecule is CCc1noc(C)c1C(=O)OCC(=O)N[C@@H](C)c1ccc(Br)cc1. The molecule has 1 N–H and O–H groups in total. The van der Waals surface area contributed by atoms with Crippen molar-refractivity contribution >= 4 is 27.8 Å². The van der Waals surface area contributed by atoms with Crippen LogP contribution in [0.5, 0.6) is 0 Å². The van der Waals surface area contributed by atoms with Gasteiger partial charge in [-0.3, -0.25) is 4.79 Å². The van der Waals surface area contributed by atoms with Crippen LogP contribution in [0.3, 0.4) is 0 Å². The van der Waals surface area contributed by atoms with Gasteiger partial charge in [0, 0.05) is 4.47 Å². The number of benzene rings is 1. The fourth-order valence-corrected chi connectivity index (χ4v) is 2.51. The predicted octanol–water partition coefficient (Wildman–Crippen LogP) is 3.34. The smallest absolute Gasteiger partial charge is 0.344 e. The quantitative estimate of drug-likeness (QED) is 0.759. The van der Waals surface area contributed by atoms with Crippen LogP contribution in [0.1, 0.15) is 47.3 Å². The molecule has 1 aromatic carbocycles. The van der Waals surface area contributed by atoms with Crippen molar-refractivity contribution in [2.45, 2.75) is 33.2 Å². The Balaban J connectivity index is 1.89. The summed E-state index contributed by atoms with van der Waals surface area (Å²) in [7, 11) is 0. The van der Waals surface area contributed by atoms with Crippen molar-refractivity contribution in [3.05, 3.63) is 51.3 Å². The number of nitrogens with zero attached hydrogens (tertiary/aromatic N) is 1. The molecule has 1 aromatic heterocycles. The highest BCUT2D eigenvalue weighted by Crippen LogP contribution is 2.17. The molecule has 1 atom stereocenters. The Morgan fingerprint density at radius 3 is 2.62 bits per heavy atom. The van der Waals surface area contributed by atoms with Crippen LogP contribution in [-0.2, 0) is 16.0 Å². The molecule has 1 heterocycles. The van der Waals surface area contributed by atoms with E-state index in [9.17, 15) is 9.59 Å². The van der Waals surface area contributed by atoms with E-state index in [-0.39, 0.29) is 18.6 Å². The molecule has 0 aliphatic heterocycles. The number of nitrogens with one attached hydrogen (secondary N) is 1. The molecule has 128 valence electrons. The van der Waals surface area contributed by atoms with Gasteiger partial charge in [0.15, 0.2) is 6.61 Å². The Morgan fingerprint density at radius 1 is 1.33 bits per heavy atom. The molecule has 0 bridgehead atoms. The third kappa shape index (κ3) is 4.44. The van der Waals surface area contributed by atoms with Crippen LogP contribution in [0.25, 0.3) is 0 Å². The largest absolute Gasteiger partial charge is 0.452 e. The summed E-state index contributed by atoms with van der Waals surface area (Å²) >= 11 is 3.36. The van der Waals surface area contributed by atoms with Gasteiger partial charge in [-0.05, 0) is 38.0 Å². The van der Waals surface area contributed by atoms with Crippen molar-refractivity contribution in [1.82, 2.24) is 10.5 Å². The number of carbonyl (C=O) groups excluding carboxylic acids is 2. The lowest BCUT2D eigenvalue weighted by molar-refractivity contribution is -0.124. The van der Waals surface area contributed by atoms with E-state index in [0.29, 0.717) is 23.4 Å². The topological polar surface area (TPSA) is 81.4 Å². The summed E-state index contributed by atoms with van der Waals surface area (Å²) in [5.74, 6) is -0.580. The predicted molar refractivity (Wildman–Crippen MR) is 91.6 cm³/mol. The maximum Gasteiger partial charge on any atom is 0.344 e. The number of aryl methyl sites for hydroxylation is 2. The van der Waals surface area contributed by atoms with Gasteiger partial charge in [-0.2, -0.15) is 0 Å². The van der Waals surface area contributed by atoms with Crippen LogP contribution in [0, 0.1) is 6.92 Å². The standard InChI is InChI=1S/C17H19BrN2O4/c1-4-14-16(11(3)24-20-14)17(22)23-9-15(21)19-10(2)12-5-7-13(18)8-6-12/h5-8,10H,4,9H2,1-3H3,(H,19,21)/t10-/m0/s1. The molecule has 2 rings (SSSR count). The van der Waals surface area contributed by atoms with Gasteiger partial charge in [0.2, 0.25) is 0 Å². The molecule has 24 heavy (non-hydrogen) atoms. The summed E-state index contributed by atoms with van der Waals surface area (Å²) in [4.78, 5) is 24.1. The third-order valence-electron chi connectivity index (χ3n) is 3.55. The molecular formula is C17H19BrN2O4. The average molecular weight is 395 g/mol. The minimum absolute atomic E-state index is 0.187. The van der Waals surface area contributed by atoms with Gasteiger partial charge in [-0.1, -0.05) is 40.1 Å². The molecule has 0 aliphatic carbocycles. The van der Waals surface area contributed by atoms with Gasteiger partial charge in [0.05, 0.1) is 11.7 Å². The zero-order valence-electron chi connectivity index (χ0n) is 13.8. The van der Waals surface area contributed by atoms with Crippen molar-refractivity contribution in [3.63, 3.8) is 0 Å². The monoisotopic (exact) mass is 394 g/mol. The van der Waals surface area contributed by atoms with Gasteiger partial charge < -0.3 is 14.6 Å². The number of rotatable bonds is 6. The molecule has 1 amide bonds. The highest BCUT2D eigenvalue weighted by molar-refractivity contribution is 9.10. The van der Waals surface area contributed by atoms with Crippen LogP contribution in [0.4, 0.5) is 0 Å². The number of carbonyl (C=O) groups is 2. The molecule has 0 saturated heterocycles. The number of hydrogen-bond donors (Lipinski definition) is 1. The maximum absolute atomic E-state index is 12.1. The second kappa shape index (κ2) is 8.10. The summed E-state index contributed by atoms with van der Waals surface area (Å²) in [6, 6.07) is 7.44. The van der Waals surface area contributed by atoms with E-state index in [2.05, 4.69) is 26.4 Å². The molecule has 0 aliphatic rings. The molecule has 0 radical (unpaired) electrons. The van der Waals surface area contributed by atoms with Gasteiger partial charge in [-0.25, -0.2) is 4.79 Å². The van der Waals surface area contributed by atoms with Crippen LogP contribution < -0.4 is 5.32 Å². The summed E-state index contributed by atoms with van der Waals surface area (Å²) in [5, 5.41) is 6.59. The van der Waals surface area contributed by atoms with E-state index in [0.717, 1.165) is 10.0 Å². The first-order valence-corrected chi connectivity index (χ1v) is 8.38. The molecule has 0 fully saturated rings. The lowest BCUT2D eigenvalue weighted by atomic mass is 10.1. The summed E-state index contributed by atoms with van der Waals surface area (Å²) in [6.07, 6.45) is 0.550. The van der Waals surface area contributed by atoms with Crippen molar-refractivity contribution in [2.75, 3.05) is 6.61 Å². The fraction of sp³-hybridized carbons (Fsp3) is 0.353.